The Bertz CT molecular complexity index is 480. The van der Waals surface area contributed by atoms with Crippen LogP contribution in [0.5, 0.6) is 0 Å². The van der Waals surface area contributed by atoms with Crippen LogP contribution < -0.4 is 5.73 Å². The Labute approximate surface area is 103 Å². The number of aromatic nitrogens is 1. The predicted octanol–water partition coefficient (Wildman–Crippen LogP) is 2.89. The molecule has 0 saturated carbocycles. The summed E-state index contributed by atoms with van der Waals surface area (Å²) in [6.45, 7) is 2.87. The molecule has 1 aromatic heterocycles. The molecule has 0 saturated heterocycles. The zero-order valence-corrected chi connectivity index (χ0v) is 10.6. The van der Waals surface area contributed by atoms with Crippen LogP contribution in [0.15, 0.2) is 36.5 Å². The van der Waals surface area contributed by atoms with Crippen molar-refractivity contribution in [1.82, 2.24) is 4.57 Å². The number of nitrogens with two attached hydrogens (primary N) is 1. The molecule has 17 heavy (non-hydrogen) atoms. The van der Waals surface area contributed by atoms with E-state index in [-0.39, 0.29) is 0 Å². The lowest BCUT2D eigenvalue weighted by Crippen LogP contribution is -2.01. The fraction of sp³-hybridized carbons (Fsp3) is 0.333. The smallest absolute Gasteiger partial charge is 0.0510 e. The molecule has 1 aromatic carbocycles. The molecule has 2 aromatic rings. The van der Waals surface area contributed by atoms with E-state index in [2.05, 4.69) is 55.1 Å². The van der Waals surface area contributed by atoms with Gasteiger partial charge in [-0.3, -0.25) is 0 Å². The molecular weight excluding hydrogens is 208 g/mol. The van der Waals surface area contributed by atoms with E-state index < -0.39 is 0 Å². The molecule has 0 bridgehead atoms. The van der Waals surface area contributed by atoms with Crippen LogP contribution in [0.25, 0.3) is 11.3 Å². The molecule has 90 valence electrons. The molecule has 2 nitrogen and oxygen atoms in total. The van der Waals surface area contributed by atoms with Gasteiger partial charge in [0.15, 0.2) is 0 Å². The van der Waals surface area contributed by atoms with Crippen molar-refractivity contribution in [2.24, 2.45) is 12.8 Å². The van der Waals surface area contributed by atoms with Gasteiger partial charge in [-0.25, -0.2) is 0 Å². The fourth-order valence-electron chi connectivity index (χ4n) is 2.18. The molecule has 2 N–H and O–H groups in total. The molecular formula is C15H20N2. The van der Waals surface area contributed by atoms with Crippen molar-refractivity contribution in [3.05, 3.63) is 47.7 Å². The Morgan fingerprint density at radius 3 is 2.47 bits per heavy atom. The molecule has 2 rings (SSSR count). The third-order valence-corrected chi connectivity index (χ3v) is 3.13. The fourth-order valence-corrected chi connectivity index (χ4v) is 2.18. The Morgan fingerprint density at radius 2 is 1.82 bits per heavy atom. The van der Waals surface area contributed by atoms with Crippen molar-refractivity contribution in [2.45, 2.75) is 19.8 Å². The highest BCUT2D eigenvalue weighted by atomic mass is 14.9. The molecule has 0 aliphatic carbocycles. The summed E-state index contributed by atoms with van der Waals surface area (Å²) in [4.78, 5) is 0. The largest absolute Gasteiger partial charge is 0.350 e. The summed E-state index contributed by atoms with van der Waals surface area (Å²) in [5.41, 5.74) is 10.9. The van der Waals surface area contributed by atoms with Gasteiger partial charge in [-0.1, -0.05) is 29.8 Å². The van der Waals surface area contributed by atoms with Crippen LogP contribution in [-0.2, 0) is 13.5 Å². The van der Waals surface area contributed by atoms with Gasteiger partial charge in [0.25, 0.3) is 0 Å². The molecule has 0 aliphatic heterocycles. The zero-order valence-electron chi connectivity index (χ0n) is 10.6. The van der Waals surface area contributed by atoms with Gasteiger partial charge < -0.3 is 10.3 Å². The molecule has 1 heterocycles. The number of hydrogen-bond donors (Lipinski definition) is 1. The van der Waals surface area contributed by atoms with Crippen molar-refractivity contribution in [1.29, 1.82) is 0 Å². The standard InChI is InChI=1S/C15H20N2/c1-12-5-7-14(8-6-12)15-13(4-3-10-16)9-11-17(15)2/h5-9,11H,3-4,10,16H2,1-2H3. The Morgan fingerprint density at radius 1 is 1.12 bits per heavy atom. The topological polar surface area (TPSA) is 30.9 Å². The maximum Gasteiger partial charge on any atom is 0.0510 e. The number of benzene rings is 1. The average molecular weight is 228 g/mol. The molecule has 0 fully saturated rings. The van der Waals surface area contributed by atoms with Crippen molar-refractivity contribution in [3.63, 3.8) is 0 Å². The number of hydrogen-bond acceptors (Lipinski definition) is 1. The quantitative estimate of drug-likeness (QED) is 0.857. The highest BCUT2D eigenvalue weighted by molar-refractivity contribution is 5.64. The van der Waals surface area contributed by atoms with E-state index in [9.17, 15) is 0 Å². The summed E-state index contributed by atoms with van der Waals surface area (Å²) >= 11 is 0. The lowest BCUT2D eigenvalue weighted by atomic mass is 10.0. The normalized spacial score (nSPS) is 10.8. The van der Waals surface area contributed by atoms with Crippen molar-refractivity contribution in [2.75, 3.05) is 6.54 Å². The SMILES string of the molecule is Cc1ccc(-c2c(CCCN)ccn2C)cc1. The van der Waals surface area contributed by atoms with Gasteiger partial charge in [0.2, 0.25) is 0 Å². The van der Waals surface area contributed by atoms with Crippen molar-refractivity contribution >= 4 is 0 Å². The second-order valence-electron chi connectivity index (χ2n) is 4.56. The molecule has 0 unspecified atom stereocenters. The van der Waals surface area contributed by atoms with E-state index in [1.165, 1.54) is 22.4 Å². The van der Waals surface area contributed by atoms with Crippen LogP contribution in [0, 0.1) is 6.92 Å². The van der Waals surface area contributed by atoms with E-state index in [0.717, 1.165) is 19.4 Å². The summed E-state index contributed by atoms with van der Waals surface area (Å²) in [6, 6.07) is 10.9. The summed E-state index contributed by atoms with van der Waals surface area (Å²) in [6.07, 6.45) is 4.23. The van der Waals surface area contributed by atoms with Gasteiger partial charge in [-0.15, -0.1) is 0 Å². The number of aryl methyl sites for hydroxylation is 3. The minimum Gasteiger partial charge on any atom is -0.350 e. The highest BCUT2D eigenvalue weighted by Gasteiger charge is 2.08. The maximum atomic E-state index is 5.58. The van der Waals surface area contributed by atoms with Gasteiger partial charge in [0, 0.05) is 13.2 Å². The second kappa shape index (κ2) is 5.19. The van der Waals surface area contributed by atoms with Crippen LogP contribution in [0.3, 0.4) is 0 Å². The first-order chi connectivity index (χ1) is 8.22. The van der Waals surface area contributed by atoms with E-state index in [0.29, 0.717) is 0 Å². The van der Waals surface area contributed by atoms with Crippen LogP contribution in [0.1, 0.15) is 17.5 Å². The monoisotopic (exact) mass is 228 g/mol. The maximum absolute atomic E-state index is 5.58. The van der Waals surface area contributed by atoms with Crippen LogP contribution in [0.2, 0.25) is 0 Å². The Hall–Kier alpha value is -1.54. The summed E-state index contributed by atoms with van der Waals surface area (Å²) in [5.74, 6) is 0. The Kier molecular flexibility index (Phi) is 3.64. The van der Waals surface area contributed by atoms with Gasteiger partial charge in [-0.05, 0) is 43.5 Å². The lowest BCUT2D eigenvalue weighted by molar-refractivity contribution is 0.829. The first kappa shape index (κ1) is 11.9. The average Bonchev–Trinajstić information content (AvgIpc) is 2.69. The van der Waals surface area contributed by atoms with E-state index in [4.69, 9.17) is 5.73 Å². The minimum absolute atomic E-state index is 0.752. The van der Waals surface area contributed by atoms with Crippen molar-refractivity contribution < 1.29 is 0 Å². The third-order valence-electron chi connectivity index (χ3n) is 3.13. The summed E-state index contributed by atoms with van der Waals surface area (Å²) < 4.78 is 2.19. The van der Waals surface area contributed by atoms with E-state index in [1.54, 1.807) is 0 Å². The predicted molar refractivity (Wildman–Crippen MR) is 73.0 cm³/mol. The second-order valence-corrected chi connectivity index (χ2v) is 4.56. The van der Waals surface area contributed by atoms with E-state index >= 15 is 0 Å². The third kappa shape index (κ3) is 2.59. The zero-order chi connectivity index (χ0) is 12.3. The molecule has 2 heteroatoms. The number of rotatable bonds is 4. The van der Waals surface area contributed by atoms with Gasteiger partial charge in [0.1, 0.15) is 0 Å². The van der Waals surface area contributed by atoms with Gasteiger partial charge >= 0.3 is 0 Å². The van der Waals surface area contributed by atoms with Gasteiger partial charge in [-0.2, -0.15) is 0 Å². The molecule has 0 radical (unpaired) electrons. The van der Waals surface area contributed by atoms with Crippen LogP contribution in [0.4, 0.5) is 0 Å². The van der Waals surface area contributed by atoms with Gasteiger partial charge in [0.05, 0.1) is 5.69 Å². The first-order valence-corrected chi connectivity index (χ1v) is 6.13. The Balaban J connectivity index is 2.36. The summed E-state index contributed by atoms with van der Waals surface area (Å²) in [5, 5.41) is 0. The molecule has 0 amide bonds. The molecule has 0 aliphatic rings. The highest BCUT2D eigenvalue weighted by Crippen LogP contribution is 2.25. The summed E-state index contributed by atoms with van der Waals surface area (Å²) in [7, 11) is 2.10. The van der Waals surface area contributed by atoms with Crippen molar-refractivity contribution in [3.8, 4) is 11.3 Å². The van der Waals surface area contributed by atoms with Crippen LogP contribution in [-0.4, -0.2) is 11.1 Å². The van der Waals surface area contributed by atoms with Crippen LogP contribution >= 0.6 is 0 Å². The first-order valence-electron chi connectivity index (χ1n) is 6.13. The lowest BCUT2D eigenvalue weighted by Gasteiger charge is -2.08. The number of nitrogens with zero attached hydrogens (tertiary/aromatic N) is 1. The van der Waals surface area contributed by atoms with E-state index in [1.807, 2.05) is 0 Å². The minimum atomic E-state index is 0.752. The molecule has 0 spiro atoms. The molecule has 0 atom stereocenters.